The van der Waals surface area contributed by atoms with Crippen molar-refractivity contribution < 1.29 is 4.43 Å². The Morgan fingerprint density at radius 3 is 2.33 bits per heavy atom. The van der Waals surface area contributed by atoms with Crippen LogP contribution < -0.4 is 0 Å². The molecule has 3 aliphatic carbocycles. The van der Waals surface area contributed by atoms with Crippen molar-refractivity contribution in [1.29, 1.82) is 0 Å². The zero-order chi connectivity index (χ0) is 26.9. The summed E-state index contributed by atoms with van der Waals surface area (Å²) in [7, 11) is -1.74. The van der Waals surface area contributed by atoms with Gasteiger partial charge in [-0.2, -0.15) is 0 Å². The molecule has 0 heterocycles. The first-order valence-electron chi connectivity index (χ1n) is 15.1. The zero-order valence-electron chi connectivity index (χ0n) is 25.5. The molecule has 204 valence electrons. The fourth-order valence-electron chi connectivity index (χ4n) is 6.93. The van der Waals surface area contributed by atoms with Crippen LogP contribution >= 0.6 is 0 Å². The standard InChI is InChI=1S/C34H58OSi/c1-24(2)25(3)14-15-27(5)31-20-21-32-28(13-12-22-34(31,32)9)17-18-29-23-30(19-16-26(29)4)35-36(10,11)33(6,7)8/h14-15,17-18,24-25,27,30-32H,4,12-13,16,19-23H2,1-3,5-11H3/t25-,27+,30-,31?,32?,34+/m0/s1. The Morgan fingerprint density at radius 1 is 1.00 bits per heavy atom. The molecule has 0 saturated heterocycles. The van der Waals surface area contributed by atoms with Gasteiger partial charge in [-0.15, -0.1) is 0 Å². The molecule has 3 fully saturated rings. The van der Waals surface area contributed by atoms with Crippen molar-refractivity contribution in [1.82, 2.24) is 0 Å². The van der Waals surface area contributed by atoms with E-state index in [9.17, 15) is 0 Å². The lowest BCUT2D eigenvalue weighted by atomic mass is 9.61. The molecule has 6 atom stereocenters. The van der Waals surface area contributed by atoms with Crippen LogP contribution in [0.3, 0.4) is 0 Å². The van der Waals surface area contributed by atoms with Gasteiger partial charge in [-0.05, 0) is 110 Å². The highest BCUT2D eigenvalue weighted by molar-refractivity contribution is 6.74. The van der Waals surface area contributed by atoms with E-state index in [-0.39, 0.29) is 5.04 Å². The van der Waals surface area contributed by atoms with E-state index in [4.69, 9.17) is 4.43 Å². The Labute approximate surface area is 226 Å². The third-order valence-corrected chi connectivity index (χ3v) is 15.4. The minimum absolute atomic E-state index is 0.262. The average molecular weight is 511 g/mol. The van der Waals surface area contributed by atoms with Gasteiger partial charge >= 0.3 is 0 Å². The first-order chi connectivity index (χ1) is 16.7. The van der Waals surface area contributed by atoms with Gasteiger partial charge in [0.1, 0.15) is 0 Å². The molecule has 3 saturated carbocycles. The van der Waals surface area contributed by atoms with Crippen LogP contribution in [0, 0.1) is 35.0 Å². The normalized spacial score (nSPS) is 34.1. The highest BCUT2D eigenvalue weighted by Crippen LogP contribution is 2.59. The van der Waals surface area contributed by atoms with Crippen LogP contribution in [0.15, 0.2) is 47.6 Å². The van der Waals surface area contributed by atoms with Crippen molar-refractivity contribution in [3.63, 3.8) is 0 Å². The van der Waals surface area contributed by atoms with E-state index < -0.39 is 8.32 Å². The lowest BCUT2D eigenvalue weighted by Crippen LogP contribution is -2.44. The smallest absolute Gasteiger partial charge is 0.192 e. The summed E-state index contributed by atoms with van der Waals surface area (Å²) in [5.41, 5.74) is 4.94. The first kappa shape index (κ1) is 29.7. The monoisotopic (exact) mass is 510 g/mol. The maximum atomic E-state index is 6.82. The Hall–Kier alpha value is -0.863. The Balaban J connectivity index is 1.73. The lowest BCUT2D eigenvalue weighted by Gasteiger charge is -2.44. The second-order valence-electron chi connectivity index (χ2n) is 14.7. The summed E-state index contributed by atoms with van der Waals surface area (Å²) >= 11 is 0. The van der Waals surface area contributed by atoms with E-state index in [0.717, 1.165) is 37.0 Å². The minimum Gasteiger partial charge on any atom is -0.414 e. The van der Waals surface area contributed by atoms with E-state index in [1.807, 2.05) is 0 Å². The quantitative estimate of drug-likeness (QED) is 0.244. The summed E-state index contributed by atoms with van der Waals surface area (Å²) in [4.78, 5) is 0. The lowest BCUT2D eigenvalue weighted by molar-refractivity contribution is 0.112. The van der Waals surface area contributed by atoms with Gasteiger partial charge in [-0.25, -0.2) is 0 Å². The molecule has 2 unspecified atom stereocenters. The van der Waals surface area contributed by atoms with Crippen LogP contribution in [0.5, 0.6) is 0 Å². The van der Waals surface area contributed by atoms with Crippen LogP contribution in [0.1, 0.15) is 107 Å². The molecule has 0 aliphatic heterocycles. The Kier molecular flexibility index (Phi) is 9.47. The second kappa shape index (κ2) is 11.5. The Bertz CT molecular complexity index is 866. The van der Waals surface area contributed by atoms with E-state index >= 15 is 0 Å². The van der Waals surface area contributed by atoms with Crippen LogP contribution in [0.25, 0.3) is 0 Å². The third-order valence-electron chi connectivity index (χ3n) is 10.9. The van der Waals surface area contributed by atoms with Gasteiger partial charge in [0.05, 0.1) is 0 Å². The van der Waals surface area contributed by atoms with E-state index in [1.165, 1.54) is 43.3 Å². The highest BCUT2D eigenvalue weighted by atomic mass is 28.4. The molecule has 3 rings (SSSR count). The van der Waals surface area contributed by atoms with E-state index in [0.29, 0.717) is 23.4 Å². The van der Waals surface area contributed by atoms with Crippen LogP contribution in [0.4, 0.5) is 0 Å². The molecule has 0 aromatic carbocycles. The SMILES string of the molecule is C=C1CC[C@H](O[Si](C)(C)C(C)(C)C)CC1=CC=C1CCC[C@@]2(C)C1CCC2[C@H](C)C=C[C@H](C)C(C)C. The largest absolute Gasteiger partial charge is 0.414 e. The molecule has 1 nitrogen and oxygen atoms in total. The van der Waals surface area contributed by atoms with Crippen molar-refractivity contribution in [2.75, 3.05) is 0 Å². The topological polar surface area (TPSA) is 9.23 Å². The summed E-state index contributed by atoms with van der Waals surface area (Å²) in [6.45, 7) is 28.4. The predicted octanol–water partition coefficient (Wildman–Crippen LogP) is 10.7. The number of rotatable bonds is 7. The van der Waals surface area contributed by atoms with Gasteiger partial charge in [-0.1, -0.05) is 97.4 Å². The van der Waals surface area contributed by atoms with Gasteiger partial charge in [0, 0.05) is 6.10 Å². The van der Waals surface area contributed by atoms with Gasteiger partial charge in [0.15, 0.2) is 8.32 Å². The van der Waals surface area contributed by atoms with Gasteiger partial charge < -0.3 is 4.43 Å². The van der Waals surface area contributed by atoms with E-state index in [1.54, 1.807) is 5.57 Å². The number of allylic oxidation sites excluding steroid dienone is 6. The molecule has 0 spiro atoms. The van der Waals surface area contributed by atoms with Crippen molar-refractivity contribution in [3.05, 3.63) is 47.6 Å². The van der Waals surface area contributed by atoms with Gasteiger partial charge in [0.25, 0.3) is 0 Å². The maximum Gasteiger partial charge on any atom is 0.192 e. The molecular formula is C34H58OSi. The number of fused-ring (bicyclic) bond motifs is 1. The molecule has 3 aliphatic rings. The molecular weight excluding hydrogens is 452 g/mol. The van der Waals surface area contributed by atoms with E-state index in [2.05, 4.69) is 99.4 Å². The number of hydrogen-bond donors (Lipinski definition) is 0. The Morgan fingerprint density at radius 2 is 1.69 bits per heavy atom. The molecule has 0 N–H and O–H groups in total. The van der Waals surface area contributed by atoms with Crippen LogP contribution in [0.2, 0.25) is 18.1 Å². The summed E-state index contributed by atoms with van der Waals surface area (Å²) in [6, 6.07) is 0. The fraction of sp³-hybridized carbons (Fsp3) is 0.765. The summed E-state index contributed by atoms with van der Waals surface area (Å²) in [6.07, 6.45) is 20.4. The molecule has 0 amide bonds. The van der Waals surface area contributed by atoms with Crippen molar-refractivity contribution in [3.8, 4) is 0 Å². The molecule has 0 aromatic heterocycles. The summed E-state index contributed by atoms with van der Waals surface area (Å²) in [5, 5.41) is 0.262. The maximum absolute atomic E-state index is 6.82. The second-order valence-corrected chi connectivity index (χ2v) is 19.5. The molecule has 2 heteroatoms. The van der Waals surface area contributed by atoms with Crippen molar-refractivity contribution in [2.45, 2.75) is 131 Å². The summed E-state index contributed by atoms with van der Waals surface area (Å²) in [5.74, 6) is 3.62. The summed E-state index contributed by atoms with van der Waals surface area (Å²) < 4.78 is 6.82. The highest BCUT2D eigenvalue weighted by Gasteiger charge is 2.50. The average Bonchev–Trinajstić information content (AvgIpc) is 3.14. The molecule has 0 bridgehead atoms. The van der Waals surface area contributed by atoms with Crippen LogP contribution in [-0.2, 0) is 4.43 Å². The van der Waals surface area contributed by atoms with Crippen LogP contribution in [-0.4, -0.2) is 14.4 Å². The third kappa shape index (κ3) is 6.58. The zero-order valence-corrected chi connectivity index (χ0v) is 26.5. The van der Waals surface area contributed by atoms with Gasteiger partial charge in [-0.3, -0.25) is 0 Å². The molecule has 0 aromatic rings. The molecule has 0 radical (unpaired) electrons. The minimum atomic E-state index is -1.74. The van der Waals surface area contributed by atoms with Crippen molar-refractivity contribution in [2.24, 2.45) is 35.0 Å². The van der Waals surface area contributed by atoms with Gasteiger partial charge in [0.2, 0.25) is 0 Å². The van der Waals surface area contributed by atoms with Crippen molar-refractivity contribution >= 4 is 8.32 Å². The predicted molar refractivity (Wildman–Crippen MR) is 162 cm³/mol. The molecule has 36 heavy (non-hydrogen) atoms. The fourth-order valence-corrected chi connectivity index (χ4v) is 8.31. The number of hydrogen-bond acceptors (Lipinski definition) is 1. The first-order valence-corrected chi connectivity index (χ1v) is 18.0.